The van der Waals surface area contributed by atoms with E-state index in [1.54, 1.807) is 0 Å². The molecular weight excluding hydrogens is 429 g/mol. The molecule has 0 aromatic carbocycles. The number of rotatable bonds is 5. The number of fused-ring (bicyclic) bond motifs is 2. The molecule has 2 saturated heterocycles. The molecule has 162 valence electrons. The van der Waals surface area contributed by atoms with Crippen LogP contribution in [0.3, 0.4) is 0 Å². The molecule has 4 rings (SSSR count). The average molecular weight is 445 g/mol. The lowest BCUT2D eigenvalue weighted by Gasteiger charge is -2.29. The fourth-order valence-electron chi connectivity index (χ4n) is 3.22. The van der Waals surface area contributed by atoms with Crippen molar-refractivity contribution in [3.8, 4) is 0 Å². The number of H-pyrrole nitrogens is 1. The number of nitrogens with zero attached hydrogens (tertiary/aromatic N) is 3. The van der Waals surface area contributed by atoms with Crippen LogP contribution in [0.15, 0.2) is 11.1 Å². The molecule has 2 aliphatic heterocycles. The molecule has 30 heavy (non-hydrogen) atoms. The van der Waals surface area contributed by atoms with Crippen LogP contribution < -0.4 is 11.3 Å². The predicted octanol–water partition coefficient (Wildman–Crippen LogP) is -1.11. The van der Waals surface area contributed by atoms with Gasteiger partial charge < -0.3 is 25.2 Å². The van der Waals surface area contributed by atoms with Crippen molar-refractivity contribution >= 4 is 36.9 Å². The molecule has 0 bridgehead atoms. The van der Waals surface area contributed by atoms with E-state index in [-0.39, 0.29) is 23.7 Å². The van der Waals surface area contributed by atoms with Crippen LogP contribution in [0.4, 0.5) is 5.95 Å². The van der Waals surface area contributed by atoms with E-state index in [1.165, 1.54) is 10.9 Å². The first-order valence-electron chi connectivity index (χ1n) is 8.59. The normalized spacial score (nSPS) is 30.8. The Morgan fingerprint density at radius 2 is 2.20 bits per heavy atom. The number of hydrogen-bond acceptors (Lipinski definition) is 11. The van der Waals surface area contributed by atoms with Gasteiger partial charge in [0.2, 0.25) is 5.95 Å². The summed E-state index contributed by atoms with van der Waals surface area (Å²) >= 11 is 0. The Balaban J connectivity index is 1.70. The molecule has 16 heteroatoms. The number of carbonyl (C=O) groups is 2. The molecule has 0 aliphatic carbocycles. The van der Waals surface area contributed by atoms with Crippen molar-refractivity contribution in [3.63, 3.8) is 0 Å². The van der Waals surface area contributed by atoms with E-state index >= 15 is 0 Å². The zero-order valence-corrected chi connectivity index (χ0v) is 15.9. The molecule has 0 spiro atoms. The maximum atomic E-state index is 12.2. The standard InChI is InChI=1S/C14H16N5O10P/c15-14-17-11-8(12(23)18-14)16-4-19(11)13-10(28-7(22)2-1-6(20)21)9-5(27-13)3-26-30(24,25)29-9/h4-5,9-10,13H,1-3H2,(H,20,21)(H,24,25)(H3,15,17,18,23). The molecule has 5 unspecified atom stereocenters. The van der Waals surface area contributed by atoms with E-state index in [0.717, 1.165) is 0 Å². The number of nitrogen functional groups attached to an aromatic ring is 1. The van der Waals surface area contributed by atoms with Gasteiger partial charge in [0.05, 0.1) is 25.8 Å². The van der Waals surface area contributed by atoms with Crippen LogP contribution in [0.2, 0.25) is 0 Å². The number of phosphoric acid groups is 1. The second kappa shape index (κ2) is 7.45. The topological polar surface area (TPSA) is 218 Å². The predicted molar refractivity (Wildman–Crippen MR) is 93.9 cm³/mol. The number of nitrogens with two attached hydrogens (primary N) is 1. The number of carboxylic acid groups (broad SMARTS) is 1. The maximum Gasteiger partial charge on any atom is 0.472 e. The smallest absolute Gasteiger partial charge is 0.472 e. The molecule has 2 fully saturated rings. The van der Waals surface area contributed by atoms with Crippen molar-refractivity contribution in [2.24, 2.45) is 0 Å². The van der Waals surface area contributed by atoms with Gasteiger partial charge in [0.1, 0.15) is 12.2 Å². The first-order chi connectivity index (χ1) is 14.1. The highest BCUT2D eigenvalue weighted by Gasteiger charge is 2.55. The van der Waals surface area contributed by atoms with E-state index in [0.29, 0.717) is 0 Å². The van der Waals surface area contributed by atoms with Crippen LogP contribution in [0, 0.1) is 0 Å². The summed E-state index contributed by atoms with van der Waals surface area (Å²) in [6.07, 6.45) is -4.29. The summed E-state index contributed by atoms with van der Waals surface area (Å²) in [7, 11) is -4.42. The van der Waals surface area contributed by atoms with Crippen molar-refractivity contribution in [1.82, 2.24) is 19.5 Å². The number of nitrogens with one attached hydrogen (secondary N) is 1. The minimum atomic E-state index is -4.42. The number of esters is 1. The first kappa shape index (κ1) is 20.4. The van der Waals surface area contributed by atoms with Gasteiger partial charge in [-0.1, -0.05) is 0 Å². The lowest BCUT2D eigenvalue weighted by Crippen LogP contribution is -2.41. The minimum absolute atomic E-state index is 0.0135. The Kier molecular flexibility index (Phi) is 5.07. The molecule has 5 N–H and O–H groups in total. The highest BCUT2D eigenvalue weighted by Crippen LogP contribution is 2.53. The Morgan fingerprint density at radius 3 is 2.93 bits per heavy atom. The lowest BCUT2D eigenvalue weighted by molar-refractivity contribution is -0.160. The Morgan fingerprint density at radius 1 is 1.43 bits per heavy atom. The van der Waals surface area contributed by atoms with Crippen LogP contribution in [0.25, 0.3) is 11.2 Å². The molecule has 15 nitrogen and oxygen atoms in total. The fourth-order valence-corrected chi connectivity index (χ4v) is 4.18. The molecule has 4 heterocycles. The van der Waals surface area contributed by atoms with Crippen LogP contribution in [0.1, 0.15) is 19.1 Å². The number of carbonyl (C=O) groups excluding carboxylic acids is 1. The number of aromatic amines is 1. The molecule has 0 saturated carbocycles. The van der Waals surface area contributed by atoms with Gasteiger partial charge in [0.15, 0.2) is 23.5 Å². The van der Waals surface area contributed by atoms with E-state index in [1.807, 2.05) is 0 Å². The third kappa shape index (κ3) is 3.80. The van der Waals surface area contributed by atoms with Gasteiger partial charge in [0.25, 0.3) is 5.56 Å². The van der Waals surface area contributed by atoms with E-state index in [9.17, 15) is 23.8 Å². The van der Waals surface area contributed by atoms with Crippen LogP contribution >= 0.6 is 7.82 Å². The highest BCUT2D eigenvalue weighted by molar-refractivity contribution is 7.47. The molecule has 2 aromatic heterocycles. The summed E-state index contributed by atoms with van der Waals surface area (Å²) in [5.41, 5.74) is 4.92. The molecule has 2 aliphatic rings. The van der Waals surface area contributed by atoms with E-state index in [2.05, 4.69) is 15.0 Å². The SMILES string of the molecule is Nc1nc2c(ncn2C2OC3COP(=O)(O)OC3C2OC(=O)CCC(=O)O)c(=O)[nH]1. The van der Waals surface area contributed by atoms with Crippen molar-refractivity contribution in [2.45, 2.75) is 37.4 Å². The summed E-state index contributed by atoms with van der Waals surface area (Å²) in [6, 6.07) is 0. The van der Waals surface area contributed by atoms with Crippen LogP contribution in [-0.4, -0.2) is 66.4 Å². The third-order valence-corrected chi connectivity index (χ3v) is 5.46. The minimum Gasteiger partial charge on any atom is -0.481 e. The van der Waals surface area contributed by atoms with Crippen molar-refractivity contribution < 1.29 is 42.7 Å². The zero-order valence-electron chi connectivity index (χ0n) is 15.0. The quantitative estimate of drug-likeness (QED) is 0.317. The summed E-state index contributed by atoms with van der Waals surface area (Å²) in [5.74, 6) is -2.29. The lowest BCUT2D eigenvalue weighted by atomic mass is 10.1. The molecular formula is C14H16N5O10P. The van der Waals surface area contributed by atoms with Crippen LogP contribution in [0.5, 0.6) is 0 Å². The Hall–Kier alpha value is -2.84. The Labute approximate surface area is 166 Å². The number of anilines is 1. The van der Waals surface area contributed by atoms with Gasteiger partial charge in [-0.15, -0.1) is 0 Å². The second-order valence-corrected chi connectivity index (χ2v) is 7.93. The van der Waals surface area contributed by atoms with E-state index < -0.39 is 62.7 Å². The summed E-state index contributed by atoms with van der Waals surface area (Å²) in [5, 5.41) is 8.74. The van der Waals surface area contributed by atoms with Gasteiger partial charge in [-0.05, 0) is 0 Å². The van der Waals surface area contributed by atoms with Crippen LogP contribution in [-0.2, 0) is 32.7 Å². The maximum absolute atomic E-state index is 12.2. The van der Waals surface area contributed by atoms with Crippen molar-refractivity contribution in [2.75, 3.05) is 12.3 Å². The number of aromatic nitrogens is 4. The zero-order chi connectivity index (χ0) is 21.6. The highest BCUT2D eigenvalue weighted by atomic mass is 31.2. The number of hydrogen-bond donors (Lipinski definition) is 4. The van der Waals surface area contributed by atoms with Gasteiger partial charge in [-0.3, -0.25) is 33.0 Å². The average Bonchev–Trinajstić information content (AvgIpc) is 3.21. The van der Waals surface area contributed by atoms with Crippen molar-refractivity contribution in [3.05, 3.63) is 16.7 Å². The number of imidazole rings is 1. The largest absolute Gasteiger partial charge is 0.481 e. The van der Waals surface area contributed by atoms with Gasteiger partial charge in [-0.25, -0.2) is 9.55 Å². The van der Waals surface area contributed by atoms with E-state index in [4.69, 9.17) is 29.4 Å². The number of ether oxygens (including phenoxy) is 2. The number of carboxylic acids is 1. The fraction of sp³-hybridized carbons (Fsp3) is 0.500. The molecule has 0 amide bonds. The van der Waals surface area contributed by atoms with Gasteiger partial charge >= 0.3 is 19.8 Å². The number of phosphoric ester groups is 1. The monoisotopic (exact) mass is 445 g/mol. The molecule has 5 atom stereocenters. The number of aliphatic carboxylic acids is 1. The van der Waals surface area contributed by atoms with Gasteiger partial charge in [-0.2, -0.15) is 4.98 Å². The van der Waals surface area contributed by atoms with Crippen molar-refractivity contribution in [1.29, 1.82) is 0 Å². The van der Waals surface area contributed by atoms with Gasteiger partial charge in [0, 0.05) is 0 Å². The summed E-state index contributed by atoms with van der Waals surface area (Å²) < 4.78 is 34.0. The third-order valence-electron chi connectivity index (χ3n) is 4.48. The second-order valence-electron chi connectivity index (χ2n) is 6.52. The first-order valence-corrected chi connectivity index (χ1v) is 10.1. The summed E-state index contributed by atoms with van der Waals surface area (Å²) in [6.45, 7) is -0.332. The summed E-state index contributed by atoms with van der Waals surface area (Å²) in [4.78, 5) is 54.8. The molecule has 2 aromatic rings. The Bertz CT molecular complexity index is 1110. The molecule has 0 radical (unpaired) electrons.